The topological polar surface area (TPSA) is 76.9 Å². The highest BCUT2D eigenvalue weighted by atomic mass is 32.2. The van der Waals surface area contributed by atoms with Gasteiger partial charge in [0.25, 0.3) is 5.56 Å². The summed E-state index contributed by atoms with van der Waals surface area (Å²) >= 11 is 2.80. The molecule has 0 fully saturated rings. The van der Waals surface area contributed by atoms with Gasteiger partial charge in [-0.25, -0.2) is 9.97 Å². The summed E-state index contributed by atoms with van der Waals surface area (Å²) < 4.78 is 1.64. The number of carbonyl (C=O) groups is 1. The molecule has 0 radical (unpaired) electrons. The van der Waals surface area contributed by atoms with Gasteiger partial charge in [-0.3, -0.25) is 14.2 Å². The lowest BCUT2D eigenvalue weighted by Crippen LogP contribution is -2.22. The van der Waals surface area contributed by atoms with Crippen LogP contribution >= 0.6 is 23.1 Å². The number of hydrogen-bond acceptors (Lipinski definition) is 6. The summed E-state index contributed by atoms with van der Waals surface area (Å²) in [6, 6.07) is 7.31. The molecule has 0 saturated carbocycles. The molecular formula is C16H16N4O2S2. The highest BCUT2D eigenvalue weighted by molar-refractivity contribution is 7.99. The van der Waals surface area contributed by atoms with E-state index in [0.29, 0.717) is 39.9 Å². The summed E-state index contributed by atoms with van der Waals surface area (Å²) in [5.41, 5.74) is 0.639. The summed E-state index contributed by atoms with van der Waals surface area (Å²) in [5.74, 6) is 0.450. The Morgan fingerprint density at radius 1 is 1.38 bits per heavy atom. The third kappa shape index (κ3) is 3.65. The van der Waals surface area contributed by atoms with E-state index in [1.165, 1.54) is 23.1 Å². The lowest BCUT2D eigenvalue weighted by Gasteiger charge is -2.10. The maximum Gasteiger partial charge on any atom is 0.262 e. The Bertz CT molecular complexity index is 906. The number of thiazole rings is 1. The van der Waals surface area contributed by atoms with Crippen LogP contribution in [0.1, 0.15) is 13.3 Å². The van der Waals surface area contributed by atoms with Crippen LogP contribution in [0.2, 0.25) is 0 Å². The highest BCUT2D eigenvalue weighted by Gasteiger charge is 2.11. The molecule has 124 valence electrons. The quantitative estimate of drug-likeness (QED) is 0.540. The van der Waals surface area contributed by atoms with E-state index >= 15 is 0 Å². The van der Waals surface area contributed by atoms with Crippen molar-refractivity contribution in [3.8, 4) is 0 Å². The van der Waals surface area contributed by atoms with Crippen molar-refractivity contribution in [2.24, 2.45) is 0 Å². The normalized spacial score (nSPS) is 10.9. The van der Waals surface area contributed by atoms with Gasteiger partial charge in [-0.1, -0.05) is 23.9 Å². The van der Waals surface area contributed by atoms with Crippen LogP contribution in [-0.4, -0.2) is 26.2 Å². The Kier molecular flexibility index (Phi) is 5.27. The molecule has 0 unspecified atom stereocenters. The van der Waals surface area contributed by atoms with Crippen LogP contribution in [0.5, 0.6) is 0 Å². The second kappa shape index (κ2) is 7.59. The van der Waals surface area contributed by atoms with Crippen molar-refractivity contribution in [2.45, 2.75) is 25.0 Å². The Morgan fingerprint density at radius 3 is 2.96 bits per heavy atom. The van der Waals surface area contributed by atoms with Gasteiger partial charge in [0.05, 0.1) is 10.9 Å². The molecule has 2 heterocycles. The molecule has 1 amide bonds. The second-order valence-electron chi connectivity index (χ2n) is 4.94. The first kappa shape index (κ1) is 16.7. The Hall–Kier alpha value is -2.19. The van der Waals surface area contributed by atoms with Crippen molar-refractivity contribution in [2.75, 3.05) is 11.1 Å². The third-order valence-electron chi connectivity index (χ3n) is 3.38. The van der Waals surface area contributed by atoms with Crippen LogP contribution in [0.15, 0.2) is 45.8 Å². The molecule has 0 aliphatic carbocycles. The molecule has 0 spiro atoms. The van der Waals surface area contributed by atoms with Crippen molar-refractivity contribution >= 4 is 45.0 Å². The fourth-order valence-electron chi connectivity index (χ4n) is 2.24. The van der Waals surface area contributed by atoms with E-state index in [0.717, 1.165) is 0 Å². The molecular weight excluding hydrogens is 344 g/mol. The Morgan fingerprint density at radius 2 is 2.21 bits per heavy atom. The van der Waals surface area contributed by atoms with Crippen molar-refractivity contribution in [3.05, 3.63) is 46.2 Å². The van der Waals surface area contributed by atoms with Gasteiger partial charge in [0.15, 0.2) is 10.3 Å². The number of anilines is 1. The van der Waals surface area contributed by atoms with Gasteiger partial charge in [-0.05, 0) is 19.1 Å². The molecule has 0 aliphatic heterocycles. The summed E-state index contributed by atoms with van der Waals surface area (Å²) in [6.07, 6.45) is 1.98. The van der Waals surface area contributed by atoms with Crippen LogP contribution in [0.3, 0.4) is 0 Å². The van der Waals surface area contributed by atoms with Crippen LogP contribution in [0.25, 0.3) is 10.9 Å². The number of benzene rings is 1. The number of aromatic nitrogens is 3. The monoisotopic (exact) mass is 360 g/mol. The summed E-state index contributed by atoms with van der Waals surface area (Å²) in [5, 5.41) is 6.41. The van der Waals surface area contributed by atoms with Gasteiger partial charge < -0.3 is 5.32 Å². The van der Waals surface area contributed by atoms with Crippen LogP contribution in [0.4, 0.5) is 5.13 Å². The number of hydrogen-bond donors (Lipinski definition) is 1. The molecule has 6 nitrogen and oxygen atoms in total. The molecule has 1 aromatic carbocycles. The van der Waals surface area contributed by atoms with Crippen molar-refractivity contribution < 1.29 is 4.79 Å². The van der Waals surface area contributed by atoms with Crippen molar-refractivity contribution in [1.29, 1.82) is 0 Å². The molecule has 2 aromatic heterocycles. The molecule has 3 rings (SSSR count). The molecule has 0 atom stereocenters. The summed E-state index contributed by atoms with van der Waals surface area (Å²) in [7, 11) is 0. The summed E-state index contributed by atoms with van der Waals surface area (Å²) in [4.78, 5) is 33.0. The van der Waals surface area contributed by atoms with Crippen LogP contribution in [0, 0.1) is 0 Å². The molecule has 0 bridgehead atoms. The number of fused-ring (bicyclic) bond motifs is 1. The molecule has 24 heavy (non-hydrogen) atoms. The molecule has 8 heteroatoms. The minimum atomic E-state index is -0.0939. The van der Waals surface area contributed by atoms with Gasteiger partial charge in [0.1, 0.15) is 0 Å². The predicted molar refractivity (Wildman–Crippen MR) is 97.8 cm³/mol. The van der Waals surface area contributed by atoms with Crippen molar-refractivity contribution in [1.82, 2.24) is 14.5 Å². The second-order valence-corrected chi connectivity index (χ2v) is 6.90. The first-order valence-corrected chi connectivity index (χ1v) is 9.37. The van der Waals surface area contributed by atoms with Crippen molar-refractivity contribution in [3.63, 3.8) is 0 Å². The maximum absolute atomic E-state index is 12.5. The largest absolute Gasteiger partial charge is 0.302 e. The van der Waals surface area contributed by atoms with E-state index < -0.39 is 0 Å². The van der Waals surface area contributed by atoms with E-state index in [4.69, 9.17) is 0 Å². The lowest BCUT2D eigenvalue weighted by molar-refractivity contribution is -0.115. The van der Waals surface area contributed by atoms with E-state index in [-0.39, 0.29) is 11.5 Å². The minimum absolute atomic E-state index is 0.0437. The van der Waals surface area contributed by atoms with Gasteiger partial charge in [-0.2, -0.15) is 0 Å². The zero-order valence-electron chi connectivity index (χ0n) is 13.1. The number of rotatable bonds is 6. The smallest absolute Gasteiger partial charge is 0.262 e. The average molecular weight is 360 g/mol. The van der Waals surface area contributed by atoms with Crippen LogP contribution < -0.4 is 10.9 Å². The van der Waals surface area contributed by atoms with Gasteiger partial charge in [0.2, 0.25) is 5.91 Å². The first-order valence-electron chi connectivity index (χ1n) is 7.50. The molecule has 0 aliphatic rings. The summed E-state index contributed by atoms with van der Waals surface area (Å²) in [6.45, 7) is 2.46. The van der Waals surface area contributed by atoms with Gasteiger partial charge in [-0.15, -0.1) is 11.3 Å². The van der Waals surface area contributed by atoms with E-state index in [1.807, 2.05) is 30.5 Å². The number of nitrogens with one attached hydrogen (secondary N) is 1. The van der Waals surface area contributed by atoms with Crippen LogP contribution in [-0.2, 0) is 11.3 Å². The average Bonchev–Trinajstić information content (AvgIpc) is 3.08. The lowest BCUT2D eigenvalue weighted by atomic mass is 10.2. The SMILES string of the molecule is CCn1c(SCCC(=O)Nc2nccs2)nc2ccccc2c1=O. The Labute approximate surface area is 147 Å². The minimum Gasteiger partial charge on any atom is -0.302 e. The van der Waals surface area contributed by atoms with E-state index in [1.54, 1.807) is 16.8 Å². The van der Waals surface area contributed by atoms with Gasteiger partial charge >= 0.3 is 0 Å². The Balaban J connectivity index is 1.70. The fourth-order valence-corrected chi connectivity index (χ4v) is 3.78. The highest BCUT2D eigenvalue weighted by Crippen LogP contribution is 2.19. The number of para-hydroxylation sites is 1. The zero-order chi connectivity index (χ0) is 16.9. The van der Waals surface area contributed by atoms with E-state index in [2.05, 4.69) is 15.3 Å². The number of thioether (sulfide) groups is 1. The van der Waals surface area contributed by atoms with Gasteiger partial charge in [0, 0.05) is 30.3 Å². The third-order valence-corrected chi connectivity index (χ3v) is 5.05. The first-order chi connectivity index (χ1) is 11.7. The van der Waals surface area contributed by atoms with E-state index in [9.17, 15) is 9.59 Å². The maximum atomic E-state index is 12.5. The predicted octanol–water partition coefficient (Wildman–Crippen LogP) is 2.99. The fraction of sp³-hybridized carbons (Fsp3) is 0.250. The zero-order valence-corrected chi connectivity index (χ0v) is 14.7. The molecule has 3 aromatic rings. The standard InChI is InChI=1S/C16H16N4O2S2/c1-2-20-14(22)11-5-3-4-6-12(11)18-16(20)24-9-7-13(21)19-15-17-8-10-23-15/h3-6,8,10H,2,7,9H2,1H3,(H,17,19,21). The number of nitrogens with zero attached hydrogens (tertiary/aromatic N) is 3. The number of amides is 1. The number of carbonyl (C=O) groups excluding carboxylic acids is 1. The molecule has 1 N–H and O–H groups in total. The molecule has 0 saturated heterocycles.